The van der Waals surface area contributed by atoms with E-state index in [1.54, 1.807) is 12.1 Å². The van der Waals surface area contributed by atoms with E-state index in [2.05, 4.69) is 5.32 Å². The molecule has 1 amide bonds. The average molecular weight is 451 g/mol. The first-order chi connectivity index (χ1) is 14.5. The molecule has 1 heterocycles. The molecule has 9 heteroatoms. The summed E-state index contributed by atoms with van der Waals surface area (Å²) in [7, 11) is 1.23. The van der Waals surface area contributed by atoms with E-state index in [4.69, 9.17) is 9.47 Å². The third kappa shape index (κ3) is 4.99. The largest absolute Gasteiger partial charge is 0.487 e. The molecule has 164 valence electrons. The minimum absolute atomic E-state index is 0.0319. The first kappa shape index (κ1) is 22.6. The Morgan fingerprint density at radius 2 is 1.71 bits per heavy atom. The first-order valence-electron chi connectivity index (χ1n) is 9.23. The average Bonchev–Trinajstić information content (AvgIpc) is 3.19. The van der Waals surface area contributed by atoms with Crippen molar-refractivity contribution in [2.24, 2.45) is 0 Å². The number of methoxy groups -OCH3 is 1. The quantitative estimate of drug-likeness (QED) is 0.525. The Morgan fingerprint density at radius 1 is 1.03 bits per heavy atom. The summed E-state index contributed by atoms with van der Waals surface area (Å²) in [5.41, 5.74) is -1.29. The lowest BCUT2D eigenvalue weighted by Crippen LogP contribution is -2.50. The third-order valence-corrected chi connectivity index (χ3v) is 5.54. The topological polar surface area (TPSA) is 64.6 Å². The maximum Gasteiger partial charge on any atom is 0.416 e. The van der Waals surface area contributed by atoms with Crippen LogP contribution in [0.25, 0.3) is 10.1 Å². The molecule has 3 aromatic rings. The number of nitrogens with one attached hydrogen (secondary N) is 1. The Kier molecular flexibility index (Phi) is 6.26. The molecule has 0 aliphatic rings. The van der Waals surface area contributed by atoms with Gasteiger partial charge in [0.2, 0.25) is 0 Å². The molecule has 0 atom stereocenters. The molecular weight excluding hydrogens is 431 g/mol. The molecule has 0 saturated carbocycles. The van der Waals surface area contributed by atoms with E-state index in [1.165, 1.54) is 44.4 Å². The Bertz CT molecular complexity index is 1100. The highest BCUT2D eigenvalue weighted by atomic mass is 32.1. The van der Waals surface area contributed by atoms with E-state index in [1.807, 2.05) is 11.4 Å². The second kappa shape index (κ2) is 8.58. The number of hydrogen-bond donors (Lipinski definition) is 1. The number of fused-ring (bicyclic) bond motifs is 1. The van der Waals surface area contributed by atoms with Crippen molar-refractivity contribution in [1.29, 1.82) is 0 Å². The molecule has 0 fully saturated rings. The summed E-state index contributed by atoms with van der Waals surface area (Å²) in [5, 5.41) is 5.33. The van der Waals surface area contributed by atoms with Crippen LogP contribution in [0.3, 0.4) is 0 Å². The second-order valence-corrected chi connectivity index (χ2v) is 8.25. The lowest BCUT2D eigenvalue weighted by atomic mass is 10.0. The van der Waals surface area contributed by atoms with Crippen molar-refractivity contribution in [2.45, 2.75) is 32.2 Å². The number of benzene rings is 2. The van der Waals surface area contributed by atoms with Gasteiger partial charge in [-0.25, -0.2) is 4.79 Å². The molecule has 0 unspecified atom stereocenters. The number of ether oxygens (including phenoxy) is 2. The minimum Gasteiger partial charge on any atom is -0.487 e. The van der Waals surface area contributed by atoms with E-state index in [9.17, 15) is 22.8 Å². The Morgan fingerprint density at radius 3 is 2.32 bits per heavy atom. The molecule has 0 saturated heterocycles. The monoisotopic (exact) mass is 451 g/mol. The molecule has 0 radical (unpaired) electrons. The fraction of sp³-hybridized carbons (Fsp3) is 0.273. The summed E-state index contributed by atoms with van der Waals surface area (Å²) in [5.74, 6) is -0.844. The second-order valence-electron chi connectivity index (χ2n) is 7.34. The first-order valence-corrected chi connectivity index (χ1v) is 10.1. The number of hydrogen-bond acceptors (Lipinski definition) is 5. The Hall–Kier alpha value is -3.07. The van der Waals surface area contributed by atoms with Crippen molar-refractivity contribution < 1.29 is 32.2 Å². The summed E-state index contributed by atoms with van der Waals surface area (Å²) < 4.78 is 49.6. The predicted octanol–water partition coefficient (Wildman–Crippen LogP) is 5.18. The maximum absolute atomic E-state index is 12.9. The van der Waals surface area contributed by atoms with Crippen LogP contribution in [0.5, 0.6) is 5.75 Å². The van der Waals surface area contributed by atoms with Gasteiger partial charge in [-0.1, -0.05) is 18.2 Å². The zero-order valence-corrected chi connectivity index (χ0v) is 17.8. The number of esters is 1. The van der Waals surface area contributed by atoms with Gasteiger partial charge in [0.25, 0.3) is 5.91 Å². The van der Waals surface area contributed by atoms with Crippen molar-refractivity contribution in [2.75, 3.05) is 7.11 Å². The van der Waals surface area contributed by atoms with Crippen molar-refractivity contribution >= 4 is 33.3 Å². The Balaban J connectivity index is 1.88. The lowest BCUT2D eigenvalue weighted by Gasteiger charge is -2.23. The standard InChI is InChI=1S/C22H20F3NO4S/c1-21(2,20(28)29-3)26-19(27)16-9-6-14-10-11-31-18(14)17(16)30-12-13-4-7-15(8-5-13)22(23,24)25/h4-11H,12H2,1-3H3,(H,26,27). The van der Waals surface area contributed by atoms with Crippen LogP contribution < -0.4 is 10.1 Å². The SMILES string of the molecule is COC(=O)C(C)(C)NC(=O)c1ccc2ccsc2c1OCc1ccc(C(F)(F)F)cc1. The van der Waals surface area contributed by atoms with Gasteiger partial charge in [-0.3, -0.25) is 4.79 Å². The van der Waals surface area contributed by atoms with Crippen molar-refractivity contribution in [3.05, 3.63) is 64.5 Å². The smallest absolute Gasteiger partial charge is 0.416 e. The molecule has 1 aromatic heterocycles. The number of alkyl halides is 3. The van der Waals surface area contributed by atoms with Crippen LogP contribution in [0.2, 0.25) is 0 Å². The van der Waals surface area contributed by atoms with Crippen LogP contribution in [0.1, 0.15) is 35.3 Å². The number of carbonyl (C=O) groups excluding carboxylic acids is 2. The number of rotatable bonds is 6. The van der Waals surface area contributed by atoms with Crippen molar-refractivity contribution in [1.82, 2.24) is 5.32 Å². The minimum atomic E-state index is -4.42. The van der Waals surface area contributed by atoms with Gasteiger partial charge >= 0.3 is 12.1 Å². The predicted molar refractivity (Wildman–Crippen MR) is 111 cm³/mol. The summed E-state index contributed by atoms with van der Waals surface area (Å²) in [6.07, 6.45) is -4.42. The normalized spacial score (nSPS) is 11.9. The highest BCUT2D eigenvalue weighted by Gasteiger charge is 2.32. The van der Waals surface area contributed by atoms with Gasteiger partial charge in [-0.2, -0.15) is 13.2 Å². The highest BCUT2D eigenvalue weighted by molar-refractivity contribution is 7.17. The zero-order chi connectivity index (χ0) is 22.8. The van der Waals surface area contributed by atoms with E-state index in [0.717, 1.165) is 22.2 Å². The Labute approximate surface area is 180 Å². The summed E-state index contributed by atoms with van der Waals surface area (Å²) in [6.45, 7) is 3.00. The number of thiophene rings is 1. The van der Waals surface area contributed by atoms with Crippen molar-refractivity contribution in [3.63, 3.8) is 0 Å². The van der Waals surface area contributed by atoms with Crippen LogP contribution in [0.4, 0.5) is 13.2 Å². The molecule has 31 heavy (non-hydrogen) atoms. The zero-order valence-electron chi connectivity index (χ0n) is 17.0. The number of carbonyl (C=O) groups is 2. The summed E-state index contributed by atoms with van der Waals surface area (Å²) in [6, 6.07) is 9.84. The van der Waals surface area contributed by atoms with Crippen molar-refractivity contribution in [3.8, 4) is 5.75 Å². The van der Waals surface area contributed by atoms with Gasteiger partial charge in [0.05, 0.1) is 22.9 Å². The summed E-state index contributed by atoms with van der Waals surface area (Å²) >= 11 is 1.37. The van der Waals surface area contributed by atoms with E-state index >= 15 is 0 Å². The van der Waals surface area contributed by atoms with Gasteiger partial charge in [-0.05, 0) is 54.4 Å². The fourth-order valence-corrected chi connectivity index (χ4v) is 3.83. The number of halogens is 3. The van der Waals surface area contributed by atoms with E-state index in [0.29, 0.717) is 11.3 Å². The molecular formula is C22H20F3NO4S. The van der Waals surface area contributed by atoms with Crippen LogP contribution >= 0.6 is 11.3 Å². The van der Waals surface area contributed by atoms with Gasteiger partial charge in [0, 0.05) is 0 Å². The maximum atomic E-state index is 12.9. The molecule has 0 aliphatic carbocycles. The third-order valence-electron chi connectivity index (χ3n) is 4.61. The molecule has 5 nitrogen and oxygen atoms in total. The van der Waals surface area contributed by atoms with Crippen LogP contribution in [-0.2, 0) is 22.3 Å². The molecule has 0 aliphatic heterocycles. The fourth-order valence-electron chi connectivity index (χ4n) is 2.93. The van der Waals surface area contributed by atoms with Gasteiger partial charge in [0.1, 0.15) is 17.9 Å². The molecule has 3 rings (SSSR count). The molecule has 2 aromatic carbocycles. The van der Waals surface area contributed by atoms with Crippen LogP contribution in [0, 0.1) is 0 Å². The van der Waals surface area contributed by atoms with Gasteiger partial charge in [0.15, 0.2) is 0 Å². The number of amides is 1. The summed E-state index contributed by atoms with van der Waals surface area (Å²) in [4.78, 5) is 24.8. The van der Waals surface area contributed by atoms with Crippen LogP contribution in [0.15, 0.2) is 47.8 Å². The molecule has 1 N–H and O–H groups in total. The molecule has 0 bridgehead atoms. The van der Waals surface area contributed by atoms with E-state index in [-0.39, 0.29) is 12.2 Å². The van der Waals surface area contributed by atoms with Gasteiger partial charge < -0.3 is 14.8 Å². The lowest BCUT2D eigenvalue weighted by molar-refractivity contribution is -0.146. The van der Waals surface area contributed by atoms with E-state index < -0.39 is 29.2 Å². The van der Waals surface area contributed by atoms with Crippen LogP contribution in [-0.4, -0.2) is 24.5 Å². The highest BCUT2D eigenvalue weighted by Crippen LogP contribution is 2.35. The van der Waals surface area contributed by atoms with Gasteiger partial charge in [-0.15, -0.1) is 11.3 Å². The molecule has 0 spiro atoms.